The van der Waals surface area contributed by atoms with Crippen LogP contribution in [0.3, 0.4) is 0 Å². The van der Waals surface area contributed by atoms with E-state index >= 15 is 0 Å². The SMILES string of the molecule is CCN(Cc1ccccc1C#CC(C)(C)O)c1ccccc1. The van der Waals surface area contributed by atoms with Crippen LogP contribution in [0.25, 0.3) is 0 Å². The van der Waals surface area contributed by atoms with Crippen molar-refractivity contribution in [2.75, 3.05) is 11.4 Å². The van der Waals surface area contributed by atoms with Gasteiger partial charge in [0.05, 0.1) is 0 Å². The zero-order valence-corrected chi connectivity index (χ0v) is 13.5. The van der Waals surface area contributed by atoms with Gasteiger partial charge in [0.2, 0.25) is 0 Å². The van der Waals surface area contributed by atoms with Gasteiger partial charge in [-0.25, -0.2) is 0 Å². The molecule has 0 unspecified atom stereocenters. The maximum atomic E-state index is 9.79. The van der Waals surface area contributed by atoms with Crippen molar-refractivity contribution in [1.29, 1.82) is 0 Å². The third kappa shape index (κ3) is 4.65. The van der Waals surface area contributed by atoms with Crippen molar-refractivity contribution in [1.82, 2.24) is 0 Å². The third-order valence-corrected chi connectivity index (χ3v) is 3.38. The van der Waals surface area contributed by atoms with E-state index in [9.17, 15) is 5.11 Å². The molecule has 1 N–H and O–H groups in total. The molecule has 0 aliphatic heterocycles. The Kier molecular flexibility index (Phi) is 5.25. The van der Waals surface area contributed by atoms with Crippen LogP contribution in [-0.4, -0.2) is 17.3 Å². The van der Waals surface area contributed by atoms with Gasteiger partial charge in [0.25, 0.3) is 0 Å². The molecule has 0 aliphatic rings. The molecule has 2 rings (SSSR count). The number of aliphatic hydroxyl groups is 1. The second-order valence-corrected chi connectivity index (χ2v) is 5.82. The van der Waals surface area contributed by atoms with E-state index < -0.39 is 5.60 Å². The van der Waals surface area contributed by atoms with Crippen LogP contribution in [0, 0.1) is 11.8 Å². The van der Waals surface area contributed by atoms with E-state index in [1.54, 1.807) is 13.8 Å². The number of anilines is 1. The average Bonchev–Trinajstić information content (AvgIpc) is 2.51. The zero-order chi connectivity index (χ0) is 16.0. The van der Waals surface area contributed by atoms with Crippen molar-refractivity contribution in [3.63, 3.8) is 0 Å². The van der Waals surface area contributed by atoms with Crippen molar-refractivity contribution in [2.24, 2.45) is 0 Å². The molecular formula is C20H23NO. The number of nitrogens with zero attached hydrogens (tertiary/aromatic N) is 1. The Labute approximate surface area is 133 Å². The van der Waals surface area contributed by atoms with Gasteiger partial charge < -0.3 is 10.0 Å². The van der Waals surface area contributed by atoms with Crippen LogP contribution in [0.5, 0.6) is 0 Å². The maximum absolute atomic E-state index is 9.79. The summed E-state index contributed by atoms with van der Waals surface area (Å²) in [5.41, 5.74) is 2.37. The van der Waals surface area contributed by atoms with Crippen molar-refractivity contribution in [3.05, 3.63) is 65.7 Å². The molecule has 2 aromatic carbocycles. The van der Waals surface area contributed by atoms with Gasteiger partial charge in [0.1, 0.15) is 5.60 Å². The first-order valence-electron chi connectivity index (χ1n) is 7.63. The molecule has 0 aromatic heterocycles. The minimum atomic E-state index is -0.975. The normalized spacial score (nSPS) is 10.7. The lowest BCUT2D eigenvalue weighted by molar-refractivity contribution is 0.143. The summed E-state index contributed by atoms with van der Waals surface area (Å²) in [6, 6.07) is 18.5. The molecule has 114 valence electrons. The molecule has 2 aromatic rings. The lowest BCUT2D eigenvalue weighted by atomic mass is 10.0. The molecule has 0 saturated carbocycles. The number of para-hydroxylation sites is 1. The Balaban J connectivity index is 2.27. The van der Waals surface area contributed by atoms with Gasteiger partial charge in [-0.15, -0.1) is 0 Å². The number of rotatable bonds is 4. The predicted molar refractivity (Wildman–Crippen MR) is 92.8 cm³/mol. The quantitative estimate of drug-likeness (QED) is 0.866. The van der Waals surface area contributed by atoms with E-state index in [1.165, 1.54) is 11.3 Å². The van der Waals surface area contributed by atoms with Gasteiger partial charge >= 0.3 is 0 Å². The van der Waals surface area contributed by atoms with E-state index in [-0.39, 0.29) is 0 Å². The Bertz CT molecular complexity index is 659. The molecule has 0 saturated heterocycles. The Hall–Kier alpha value is -2.24. The summed E-state index contributed by atoms with van der Waals surface area (Å²) in [5, 5.41) is 9.79. The highest BCUT2D eigenvalue weighted by Gasteiger charge is 2.09. The maximum Gasteiger partial charge on any atom is 0.120 e. The fourth-order valence-electron chi connectivity index (χ4n) is 2.23. The Morgan fingerprint density at radius 2 is 1.64 bits per heavy atom. The van der Waals surface area contributed by atoms with Gasteiger partial charge in [-0.3, -0.25) is 0 Å². The van der Waals surface area contributed by atoms with E-state index in [0.29, 0.717) is 0 Å². The summed E-state index contributed by atoms with van der Waals surface area (Å²) < 4.78 is 0. The van der Waals surface area contributed by atoms with Gasteiger partial charge in [0.15, 0.2) is 0 Å². The molecule has 2 nitrogen and oxygen atoms in total. The molecule has 0 spiro atoms. The zero-order valence-electron chi connectivity index (χ0n) is 13.5. The molecule has 0 radical (unpaired) electrons. The lowest BCUT2D eigenvalue weighted by Crippen LogP contribution is -2.22. The molecule has 0 atom stereocenters. The third-order valence-electron chi connectivity index (χ3n) is 3.38. The highest BCUT2D eigenvalue weighted by Crippen LogP contribution is 2.18. The highest BCUT2D eigenvalue weighted by molar-refractivity contribution is 5.49. The van der Waals surface area contributed by atoms with E-state index in [2.05, 4.69) is 54.0 Å². The monoisotopic (exact) mass is 293 g/mol. The van der Waals surface area contributed by atoms with Crippen molar-refractivity contribution in [2.45, 2.75) is 32.9 Å². The summed E-state index contributed by atoms with van der Waals surface area (Å²) in [5.74, 6) is 6.00. The van der Waals surface area contributed by atoms with Crippen LogP contribution < -0.4 is 4.90 Å². The Morgan fingerprint density at radius 1 is 1.00 bits per heavy atom. The molecule has 22 heavy (non-hydrogen) atoms. The fourth-order valence-corrected chi connectivity index (χ4v) is 2.23. The number of hydrogen-bond acceptors (Lipinski definition) is 2. The summed E-state index contributed by atoms with van der Waals surface area (Å²) in [6.45, 7) is 7.28. The first-order chi connectivity index (χ1) is 10.5. The van der Waals surface area contributed by atoms with Gasteiger partial charge in [-0.2, -0.15) is 0 Å². The van der Waals surface area contributed by atoms with Crippen LogP contribution in [0.4, 0.5) is 5.69 Å². The highest BCUT2D eigenvalue weighted by atomic mass is 16.3. The fraction of sp³-hybridized carbons (Fsp3) is 0.300. The summed E-state index contributed by atoms with van der Waals surface area (Å²) in [7, 11) is 0. The number of hydrogen-bond donors (Lipinski definition) is 1. The van der Waals surface area contributed by atoms with Gasteiger partial charge in [0, 0.05) is 24.3 Å². The Morgan fingerprint density at radius 3 is 2.27 bits per heavy atom. The summed E-state index contributed by atoms with van der Waals surface area (Å²) in [6.07, 6.45) is 0. The molecular weight excluding hydrogens is 270 g/mol. The predicted octanol–water partition coefficient (Wildman–Crippen LogP) is 3.84. The first-order valence-corrected chi connectivity index (χ1v) is 7.63. The minimum absolute atomic E-state index is 0.803. The first kappa shape index (κ1) is 16.1. The minimum Gasteiger partial charge on any atom is -0.378 e. The standard InChI is InChI=1S/C20H23NO/c1-4-21(19-12-6-5-7-13-19)16-18-11-9-8-10-17(18)14-15-20(2,3)22/h5-13,22H,4,16H2,1-3H3. The van der Waals surface area contributed by atoms with Crippen LogP contribution in [0.1, 0.15) is 31.9 Å². The van der Waals surface area contributed by atoms with Gasteiger partial charge in [-0.1, -0.05) is 48.2 Å². The average molecular weight is 293 g/mol. The molecule has 0 heterocycles. The molecule has 0 aliphatic carbocycles. The molecule has 0 bridgehead atoms. The van der Waals surface area contributed by atoms with Crippen molar-refractivity contribution < 1.29 is 5.11 Å². The van der Waals surface area contributed by atoms with Crippen LogP contribution in [0.15, 0.2) is 54.6 Å². The second-order valence-electron chi connectivity index (χ2n) is 5.82. The van der Waals surface area contributed by atoms with Crippen LogP contribution in [0.2, 0.25) is 0 Å². The van der Waals surface area contributed by atoms with Crippen LogP contribution >= 0.6 is 0 Å². The summed E-state index contributed by atoms with van der Waals surface area (Å²) >= 11 is 0. The van der Waals surface area contributed by atoms with Crippen molar-refractivity contribution in [3.8, 4) is 11.8 Å². The molecule has 0 amide bonds. The molecule has 2 heteroatoms. The lowest BCUT2D eigenvalue weighted by Gasteiger charge is -2.23. The number of benzene rings is 2. The van der Waals surface area contributed by atoms with Crippen LogP contribution in [-0.2, 0) is 6.54 Å². The van der Waals surface area contributed by atoms with Gasteiger partial charge in [-0.05, 0) is 44.5 Å². The van der Waals surface area contributed by atoms with Crippen molar-refractivity contribution >= 4 is 5.69 Å². The molecule has 0 fully saturated rings. The smallest absolute Gasteiger partial charge is 0.120 e. The topological polar surface area (TPSA) is 23.5 Å². The second kappa shape index (κ2) is 7.15. The van der Waals surface area contributed by atoms with E-state index in [4.69, 9.17) is 0 Å². The summed E-state index contributed by atoms with van der Waals surface area (Å²) in [4.78, 5) is 2.31. The largest absolute Gasteiger partial charge is 0.378 e. The van der Waals surface area contributed by atoms with E-state index in [0.717, 1.165) is 18.7 Å². The van der Waals surface area contributed by atoms with E-state index in [1.807, 2.05) is 24.3 Å².